The Morgan fingerprint density at radius 2 is 1.92 bits per heavy atom. The van der Waals surface area contributed by atoms with Crippen molar-refractivity contribution in [1.29, 1.82) is 0 Å². The second-order valence-electron chi connectivity index (χ2n) is 5.57. The Labute approximate surface area is 163 Å². The standard InChI is InChI=1S/C19H24BrClN2O2/c1-22-10-5-11-23-12-15-16(20)8-9-18(24-2)19(15)25-13-14-6-3-4-7-17(14)21/h3-4,6-9,22-23H,5,10-13H2,1-2H3. The fourth-order valence-electron chi connectivity index (χ4n) is 2.43. The predicted octanol–water partition coefficient (Wildman–Crippen LogP) is 4.39. The van der Waals surface area contributed by atoms with Crippen LogP contribution in [-0.4, -0.2) is 27.2 Å². The first-order chi connectivity index (χ1) is 12.2. The zero-order valence-electron chi connectivity index (χ0n) is 14.6. The first-order valence-electron chi connectivity index (χ1n) is 8.24. The van der Waals surface area contributed by atoms with E-state index < -0.39 is 0 Å². The van der Waals surface area contributed by atoms with Crippen molar-refractivity contribution in [2.45, 2.75) is 19.6 Å². The molecule has 25 heavy (non-hydrogen) atoms. The zero-order valence-corrected chi connectivity index (χ0v) is 16.9. The van der Waals surface area contributed by atoms with Gasteiger partial charge in [-0.15, -0.1) is 0 Å². The second kappa shape index (κ2) is 10.7. The molecule has 0 amide bonds. The molecular formula is C19H24BrClN2O2. The third-order valence-electron chi connectivity index (χ3n) is 3.80. The average Bonchev–Trinajstić information content (AvgIpc) is 2.62. The molecule has 0 saturated heterocycles. The van der Waals surface area contributed by atoms with Gasteiger partial charge in [-0.3, -0.25) is 0 Å². The summed E-state index contributed by atoms with van der Waals surface area (Å²) in [5.74, 6) is 1.44. The minimum absolute atomic E-state index is 0.388. The molecule has 0 bridgehead atoms. The summed E-state index contributed by atoms with van der Waals surface area (Å²) in [5, 5.41) is 7.29. The van der Waals surface area contributed by atoms with Gasteiger partial charge in [-0.2, -0.15) is 0 Å². The molecule has 0 aliphatic heterocycles. The number of hydrogen-bond donors (Lipinski definition) is 2. The van der Waals surface area contributed by atoms with Gasteiger partial charge in [-0.1, -0.05) is 45.7 Å². The molecule has 0 atom stereocenters. The maximum Gasteiger partial charge on any atom is 0.167 e. The van der Waals surface area contributed by atoms with Gasteiger partial charge in [0.05, 0.1) is 7.11 Å². The minimum atomic E-state index is 0.388. The molecule has 136 valence electrons. The number of hydrogen-bond acceptors (Lipinski definition) is 4. The lowest BCUT2D eigenvalue weighted by molar-refractivity contribution is 0.280. The van der Waals surface area contributed by atoms with Crippen LogP contribution in [0, 0.1) is 0 Å². The quantitative estimate of drug-likeness (QED) is 0.552. The van der Waals surface area contributed by atoms with Gasteiger partial charge < -0.3 is 20.1 Å². The summed E-state index contributed by atoms with van der Waals surface area (Å²) in [7, 11) is 3.61. The van der Waals surface area contributed by atoms with Crippen molar-refractivity contribution < 1.29 is 9.47 Å². The van der Waals surface area contributed by atoms with Crippen molar-refractivity contribution in [2.24, 2.45) is 0 Å². The predicted molar refractivity (Wildman–Crippen MR) is 107 cm³/mol. The molecular weight excluding hydrogens is 404 g/mol. The molecule has 0 unspecified atom stereocenters. The number of ether oxygens (including phenoxy) is 2. The van der Waals surface area contributed by atoms with Gasteiger partial charge in [0.15, 0.2) is 11.5 Å². The smallest absolute Gasteiger partial charge is 0.167 e. The van der Waals surface area contributed by atoms with Crippen molar-refractivity contribution in [3.8, 4) is 11.5 Å². The fraction of sp³-hybridized carbons (Fsp3) is 0.368. The summed E-state index contributed by atoms with van der Waals surface area (Å²) in [5.41, 5.74) is 1.98. The molecule has 4 nitrogen and oxygen atoms in total. The Balaban J connectivity index is 2.13. The Morgan fingerprint density at radius 3 is 2.64 bits per heavy atom. The Morgan fingerprint density at radius 1 is 1.12 bits per heavy atom. The average molecular weight is 428 g/mol. The van der Waals surface area contributed by atoms with Crippen LogP contribution < -0.4 is 20.1 Å². The summed E-state index contributed by atoms with van der Waals surface area (Å²) in [6, 6.07) is 11.6. The first-order valence-corrected chi connectivity index (χ1v) is 9.41. The Bertz CT molecular complexity index is 682. The van der Waals surface area contributed by atoms with Crippen molar-refractivity contribution in [3.63, 3.8) is 0 Å². The van der Waals surface area contributed by atoms with Gasteiger partial charge in [-0.05, 0) is 44.8 Å². The molecule has 2 N–H and O–H groups in total. The molecule has 2 rings (SSSR count). The van der Waals surface area contributed by atoms with Crippen LogP contribution in [0.5, 0.6) is 11.5 Å². The lowest BCUT2D eigenvalue weighted by atomic mass is 10.1. The number of nitrogens with one attached hydrogen (secondary N) is 2. The van der Waals surface area contributed by atoms with Gasteiger partial charge in [0.2, 0.25) is 0 Å². The monoisotopic (exact) mass is 426 g/mol. The van der Waals surface area contributed by atoms with Gasteiger partial charge in [-0.25, -0.2) is 0 Å². The van der Waals surface area contributed by atoms with Gasteiger partial charge in [0.1, 0.15) is 6.61 Å². The number of methoxy groups -OCH3 is 1. The van der Waals surface area contributed by atoms with Crippen molar-refractivity contribution in [2.75, 3.05) is 27.2 Å². The van der Waals surface area contributed by atoms with E-state index in [2.05, 4.69) is 26.6 Å². The Kier molecular flexibility index (Phi) is 8.55. The van der Waals surface area contributed by atoms with Crippen LogP contribution in [0.4, 0.5) is 0 Å². The maximum absolute atomic E-state index is 6.23. The van der Waals surface area contributed by atoms with E-state index in [1.54, 1.807) is 7.11 Å². The molecule has 0 spiro atoms. The van der Waals surface area contributed by atoms with E-state index in [1.807, 2.05) is 43.4 Å². The highest BCUT2D eigenvalue weighted by Gasteiger charge is 2.15. The van der Waals surface area contributed by atoms with E-state index in [-0.39, 0.29) is 0 Å². The summed E-state index contributed by atoms with van der Waals surface area (Å²) >= 11 is 9.85. The topological polar surface area (TPSA) is 42.5 Å². The molecule has 2 aromatic rings. The first kappa shape index (κ1) is 20.0. The third kappa shape index (κ3) is 5.89. The van der Waals surface area contributed by atoms with E-state index in [0.29, 0.717) is 23.9 Å². The van der Waals surface area contributed by atoms with Crippen LogP contribution >= 0.6 is 27.5 Å². The summed E-state index contributed by atoms with van der Waals surface area (Å²) in [6.45, 7) is 3.00. The van der Waals surface area contributed by atoms with Crippen LogP contribution in [0.1, 0.15) is 17.5 Å². The van der Waals surface area contributed by atoms with Crippen LogP contribution in [0.15, 0.2) is 40.9 Å². The minimum Gasteiger partial charge on any atom is -0.493 e. The molecule has 0 aliphatic carbocycles. The molecule has 2 aromatic carbocycles. The normalized spacial score (nSPS) is 10.7. The summed E-state index contributed by atoms with van der Waals surface area (Å²) < 4.78 is 12.6. The molecule has 0 aromatic heterocycles. The molecule has 0 heterocycles. The van der Waals surface area contributed by atoms with Crippen LogP contribution in [0.2, 0.25) is 5.02 Å². The van der Waals surface area contributed by atoms with E-state index in [0.717, 1.165) is 40.9 Å². The number of benzene rings is 2. The van der Waals surface area contributed by atoms with Gasteiger partial charge >= 0.3 is 0 Å². The lowest BCUT2D eigenvalue weighted by Gasteiger charge is -2.17. The highest BCUT2D eigenvalue weighted by Crippen LogP contribution is 2.37. The van der Waals surface area contributed by atoms with Gasteiger partial charge in [0, 0.05) is 27.2 Å². The second-order valence-corrected chi connectivity index (χ2v) is 6.83. The molecule has 0 aliphatic rings. The fourth-order valence-corrected chi connectivity index (χ4v) is 3.08. The largest absolute Gasteiger partial charge is 0.493 e. The molecule has 0 fully saturated rings. The Hall–Kier alpha value is -1.27. The van der Waals surface area contributed by atoms with E-state index >= 15 is 0 Å². The van der Waals surface area contributed by atoms with Crippen molar-refractivity contribution in [1.82, 2.24) is 10.6 Å². The maximum atomic E-state index is 6.23. The SMILES string of the molecule is CNCCCNCc1c(Br)ccc(OC)c1OCc1ccccc1Cl. The van der Waals surface area contributed by atoms with E-state index in [4.69, 9.17) is 21.1 Å². The molecule has 6 heteroatoms. The third-order valence-corrected chi connectivity index (χ3v) is 4.91. The highest BCUT2D eigenvalue weighted by atomic mass is 79.9. The highest BCUT2D eigenvalue weighted by molar-refractivity contribution is 9.10. The molecule has 0 saturated carbocycles. The van der Waals surface area contributed by atoms with E-state index in [1.165, 1.54) is 0 Å². The van der Waals surface area contributed by atoms with Crippen LogP contribution in [0.3, 0.4) is 0 Å². The van der Waals surface area contributed by atoms with Crippen molar-refractivity contribution >= 4 is 27.5 Å². The number of rotatable bonds is 10. The van der Waals surface area contributed by atoms with E-state index in [9.17, 15) is 0 Å². The lowest BCUT2D eigenvalue weighted by Crippen LogP contribution is -2.20. The number of halogens is 2. The van der Waals surface area contributed by atoms with Crippen LogP contribution in [-0.2, 0) is 13.2 Å². The van der Waals surface area contributed by atoms with Crippen molar-refractivity contribution in [3.05, 3.63) is 57.0 Å². The molecule has 0 radical (unpaired) electrons. The zero-order chi connectivity index (χ0) is 18.1. The van der Waals surface area contributed by atoms with Gasteiger partial charge in [0.25, 0.3) is 0 Å². The summed E-state index contributed by atoms with van der Waals surface area (Å²) in [6.07, 6.45) is 1.06. The summed E-state index contributed by atoms with van der Waals surface area (Å²) in [4.78, 5) is 0. The van der Waals surface area contributed by atoms with Crippen LogP contribution in [0.25, 0.3) is 0 Å².